The third-order valence-electron chi connectivity index (χ3n) is 4.61. The number of amides is 1. The van der Waals surface area contributed by atoms with Crippen molar-refractivity contribution < 1.29 is 10.6 Å². The van der Waals surface area contributed by atoms with Gasteiger partial charge in [0.15, 0.2) is 0 Å². The molecule has 1 aliphatic rings. The Morgan fingerprint density at radius 1 is 1.35 bits per heavy atom. The monoisotopic (exact) mass is 421 g/mol. The van der Waals surface area contributed by atoms with E-state index in [-0.39, 0.29) is 18.7 Å². The third kappa shape index (κ3) is 6.95. The van der Waals surface area contributed by atoms with E-state index in [0.717, 1.165) is 24.8 Å². The SMILES string of the molecule is C=C.[CH]=C=C(N=C(C#C)C(C)NC(=O)C(=NC)C1=C(N)CCCC1)c1cccc(F)c1.[HH]. The second kappa shape index (κ2) is 12.8. The molecule has 1 radical (unpaired) electrons. The molecule has 0 aliphatic heterocycles. The summed E-state index contributed by atoms with van der Waals surface area (Å²) < 4.78 is 13.5. The minimum Gasteiger partial charge on any atom is -0.402 e. The van der Waals surface area contributed by atoms with Gasteiger partial charge < -0.3 is 11.1 Å². The molecule has 1 aromatic carbocycles. The lowest BCUT2D eigenvalue weighted by Gasteiger charge is -2.20. The van der Waals surface area contributed by atoms with Gasteiger partial charge in [-0.2, -0.15) is 0 Å². The lowest BCUT2D eigenvalue weighted by atomic mass is 9.92. The minimum absolute atomic E-state index is 0. The molecule has 0 saturated carbocycles. The average Bonchev–Trinajstić information content (AvgIpc) is 2.77. The second-order valence-electron chi connectivity index (χ2n) is 6.62. The molecule has 0 spiro atoms. The van der Waals surface area contributed by atoms with E-state index in [1.165, 1.54) is 18.2 Å². The predicted molar refractivity (Wildman–Crippen MR) is 128 cm³/mol. The number of benzene rings is 1. The van der Waals surface area contributed by atoms with Gasteiger partial charge in [0.1, 0.15) is 22.9 Å². The number of nitrogens with two attached hydrogens (primary N) is 1. The van der Waals surface area contributed by atoms with Gasteiger partial charge in [-0.1, -0.05) is 23.8 Å². The van der Waals surface area contributed by atoms with E-state index in [1.54, 1.807) is 20.0 Å². The second-order valence-corrected chi connectivity index (χ2v) is 6.62. The largest absolute Gasteiger partial charge is 0.402 e. The quantitative estimate of drug-likeness (QED) is 0.312. The fourth-order valence-electron chi connectivity index (χ4n) is 3.10. The highest BCUT2D eigenvalue weighted by Crippen LogP contribution is 2.23. The molecule has 1 amide bonds. The normalized spacial score (nSPS) is 15.0. The van der Waals surface area contributed by atoms with Crippen molar-refractivity contribution in [3.05, 3.63) is 72.4 Å². The highest BCUT2D eigenvalue weighted by Gasteiger charge is 2.23. The highest BCUT2D eigenvalue weighted by molar-refractivity contribution is 6.45. The number of hydrogen-bond acceptors (Lipinski definition) is 4. The van der Waals surface area contributed by atoms with Crippen molar-refractivity contribution in [2.75, 3.05) is 7.05 Å². The van der Waals surface area contributed by atoms with Crippen molar-refractivity contribution in [3.63, 3.8) is 0 Å². The standard InChI is InChI=1S/C23H24FN4O.C2H4.H2/c1-5-20(28-21(6-2)16-10-9-11-17(24)14-16)15(3)27-23(29)22(26-4)18-12-7-8-13-19(18)25;1-2;/h1-2,9-11,14-15H,7-8,12-13,25H2,3-4H3,(H,27,29);1-2H2;1H. The maximum Gasteiger partial charge on any atom is 0.270 e. The Hall–Kier alpha value is -3.68. The zero-order valence-electron chi connectivity index (χ0n) is 18.0. The van der Waals surface area contributed by atoms with Crippen LogP contribution in [0.1, 0.15) is 39.6 Å². The Balaban J connectivity index is 0.00000311. The number of nitrogens with zero attached hydrogens (tertiary/aromatic N) is 2. The minimum atomic E-state index is -0.605. The molecule has 0 bridgehead atoms. The van der Waals surface area contributed by atoms with Crippen molar-refractivity contribution >= 4 is 23.0 Å². The molecule has 1 unspecified atom stereocenters. The Labute approximate surface area is 185 Å². The highest BCUT2D eigenvalue weighted by atomic mass is 19.1. The topological polar surface area (TPSA) is 79.8 Å². The molecular weight excluding hydrogens is 391 g/mol. The number of rotatable bonds is 6. The predicted octanol–water partition coefficient (Wildman–Crippen LogP) is 4.24. The van der Waals surface area contributed by atoms with Crippen LogP contribution in [0, 0.1) is 24.7 Å². The van der Waals surface area contributed by atoms with Crippen LogP contribution >= 0.6 is 0 Å². The summed E-state index contributed by atoms with van der Waals surface area (Å²) in [7, 11) is 1.55. The molecule has 0 aromatic heterocycles. The first-order valence-electron chi connectivity index (χ1n) is 9.81. The molecule has 1 atom stereocenters. The summed E-state index contributed by atoms with van der Waals surface area (Å²) in [5, 5.41) is 2.80. The molecule has 0 fully saturated rings. The van der Waals surface area contributed by atoms with Crippen LogP contribution in [0.15, 0.2) is 64.4 Å². The first kappa shape index (κ1) is 25.4. The summed E-state index contributed by atoms with van der Waals surface area (Å²) in [5.74, 6) is 1.64. The van der Waals surface area contributed by atoms with E-state index < -0.39 is 11.9 Å². The van der Waals surface area contributed by atoms with Gasteiger partial charge in [0.2, 0.25) is 0 Å². The van der Waals surface area contributed by atoms with Crippen LogP contribution in [0.5, 0.6) is 0 Å². The molecule has 5 nitrogen and oxygen atoms in total. The average molecular weight is 422 g/mol. The number of terminal acetylenes is 1. The molecule has 0 saturated heterocycles. The van der Waals surface area contributed by atoms with Gasteiger partial charge in [-0.25, -0.2) is 9.38 Å². The molecular formula is C25H30FN4O. The number of aliphatic imine (C=N–C) groups is 2. The molecule has 31 heavy (non-hydrogen) atoms. The van der Waals surface area contributed by atoms with Gasteiger partial charge in [0, 0.05) is 25.3 Å². The fraction of sp³-hybridized carbons (Fsp3) is 0.280. The summed E-state index contributed by atoms with van der Waals surface area (Å²) >= 11 is 0. The van der Waals surface area contributed by atoms with Gasteiger partial charge in [-0.3, -0.25) is 9.79 Å². The van der Waals surface area contributed by atoms with E-state index in [4.69, 9.17) is 18.7 Å². The van der Waals surface area contributed by atoms with Crippen LogP contribution in [-0.2, 0) is 4.79 Å². The maximum atomic E-state index is 13.5. The number of hydrogen-bond donors (Lipinski definition) is 2. The lowest BCUT2D eigenvalue weighted by molar-refractivity contribution is -0.115. The Kier molecular flexibility index (Phi) is 10.5. The van der Waals surface area contributed by atoms with Crippen molar-refractivity contribution in [2.45, 2.75) is 38.6 Å². The molecule has 1 aromatic rings. The van der Waals surface area contributed by atoms with E-state index >= 15 is 0 Å². The molecule has 163 valence electrons. The molecule has 3 N–H and O–H groups in total. The van der Waals surface area contributed by atoms with Crippen LogP contribution in [0.4, 0.5) is 4.39 Å². The van der Waals surface area contributed by atoms with E-state index in [2.05, 4.69) is 40.1 Å². The first-order chi connectivity index (χ1) is 14.9. The summed E-state index contributed by atoms with van der Waals surface area (Å²) in [4.78, 5) is 21.2. The van der Waals surface area contributed by atoms with Gasteiger partial charge >= 0.3 is 0 Å². The Morgan fingerprint density at radius 3 is 2.58 bits per heavy atom. The van der Waals surface area contributed by atoms with E-state index in [0.29, 0.717) is 23.4 Å². The maximum absolute atomic E-state index is 13.5. The Bertz CT molecular complexity index is 997. The van der Waals surface area contributed by atoms with Crippen LogP contribution in [0.2, 0.25) is 0 Å². The van der Waals surface area contributed by atoms with Gasteiger partial charge in [0.05, 0.1) is 6.04 Å². The lowest BCUT2D eigenvalue weighted by Crippen LogP contribution is -2.43. The zero-order chi connectivity index (χ0) is 23.4. The summed E-state index contributed by atoms with van der Waals surface area (Å²) in [6.45, 7) is 13.2. The summed E-state index contributed by atoms with van der Waals surface area (Å²) in [6, 6.07) is 5.15. The molecule has 6 heteroatoms. The van der Waals surface area contributed by atoms with Gasteiger partial charge in [-0.15, -0.1) is 19.6 Å². The molecule has 0 heterocycles. The van der Waals surface area contributed by atoms with Crippen LogP contribution in [-0.4, -0.2) is 30.4 Å². The zero-order valence-corrected chi connectivity index (χ0v) is 18.0. The molecule has 1 aliphatic carbocycles. The van der Waals surface area contributed by atoms with Gasteiger partial charge in [-0.05, 0) is 51.3 Å². The van der Waals surface area contributed by atoms with Crippen molar-refractivity contribution in [1.82, 2.24) is 5.32 Å². The number of halogens is 1. The van der Waals surface area contributed by atoms with E-state index in [9.17, 15) is 9.18 Å². The Morgan fingerprint density at radius 2 is 2.03 bits per heavy atom. The van der Waals surface area contributed by atoms with Crippen LogP contribution in [0.25, 0.3) is 5.70 Å². The van der Waals surface area contributed by atoms with Crippen molar-refractivity contribution in [2.24, 2.45) is 15.7 Å². The smallest absolute Gasteiger partial charge is 0.270 e. The summed E-state index contributed by atoms with van der Waals surface area (Å²) in [6.07, 6.45) is 9.02. The van der Waals surface area contributed by atoms with Crippen molar-refractivity contribution in [1.29, 1.82) is 0 Å². The van der Waals surface area contributed by atoms with Crippen molar-refractivity contribution in [3.8, 4) is 12.3 Å². The van der Waals surface area contributed by atoms with E-state index in [1.807, 2.05) is 0 Å². The first-order valence-corrected chi connectivity index (χ1v) is 9.81. The number of carbonyl (C=O) groups excluding carboxylic acids is 1. The number of allylic oxidation sites excluding steroid dienone is 1. The summed E-state index contributed by atoms with van der Waals surface area (Å²) in [5.41, 5.74) is 11.1. The number of nitrogens with one attached hydrogen (secondary N) is 1. The number of carbonyl (C=O) groups is 1. The molecule has 2 rings (SSSR count). The van der Waals surface area contributed by atoms with Crippen LogP contribution in [0.3, 0.4) is 0 Å². The van der Waals surface area contributed by atoms with Gasteiger partial charge in [0.25, 0.3) is 5.91 Å². The fourth-order valence-corrected chi connectivity index (χ4v) is 3.10. The van der Waals surface area contributed by atoms with Crippen LogP contribution < -0.4 is 11.1 Å². The third-order valence-corrected chi connectivity index (χ3v) is 4.61.